The minimum atomic E-state index is -0.542. The van der Waals surface area contributed by atoms with E-state index in [0.717, 1.165) is 6.20 Å². The normalized spacial score (nSPS) is 10.3. The summed E-state index contributed by atoms with van der Waals surface area (Å²) in [6, 6.07) is 4.68. The molecule has 6 nitrogen and oxygen atoms in total. The first kappa shape index (κ1) is 14.5. The summed E-state index contributed by atoms with van der Waals surface area (Å²) in [4.78, 5) is 18.6. The van der Waals surface area contributed by atoms with E-state index in [1.165, 1.54) is 0 Å². The smallest absolute Gasteiger partial charge is 0.313 e. The van der Waals surface area contributed by atoms with E-state index >= 15 is 0 Å². The van der Waals surface area contributed by atoms with Crippen LogP contribution >= 0.6 is 23.2 Å². The highest BCUT2D eigenvalue weighted by Crippen LogP contribution is 2.32. The molecule has 0 aliphatic carbocycles. The van der Waals surface area contributed by atoms with Gasteiger partial charge >= 0.3 is 5.69 Å². The van der Waals surface area contributed by atoms with Crippen LogP contribution in [0.5, 0.6) is 0 Å². The Labute approximate surface area is 124 Å². The Morgan fingerprint density at radius 2 is 1.95 bits per heavy atom. The lowest BCUT2D eigenvalue weighted by molar-refractivity contribution is -0.384. The predicted molar refractivity (Wildman–Crippen MR) is 78.3 cm³/mol. The van der Waals surface area contributed by atoms with Crippen LogP contribution in [0.25, 0.3) is 11.3 Å². The topological polar surface area (TPSA) is 81.0 Å². The van der Waals surface area contributed by atoms with Crippen molar-refractivity contribution in [2.75, 3.05) is 11.9 Å². The third-order valence-electron chi connectivity index (χ3n) is 2.44. The molecule has 0 spiro atoms. The summed E-state index contributed by atoms with van der Waals surface area (Å²) in [7, 11) is 0. The van der Waals surface area contributed by atoms with Crippen LogP contribution in [0.2, 0.25) is 10.0 Å². The average molecular weight is 313 g/mol. The molecule has 0 radical (unpaired) electrons. The summed E-state index contributed by atoms with van der Waals surface area (Å²) < 4.78 is 0. The SMILES string of the molecule is CCNc1ncc([N+](=O)[O-])c(-c2cc(Cl)cc(Cl)c2)n1. The number of aromatic nitrogens is 2. The van der Waals surface area contributed by atoms with Gasteiger partial charge in [-0.25, -0.2) is 9.97 Å². The molecule has 1 aromatic heterocycles. The van der Waals surface area contributed by atoms with Crippen molar-refractivity contribution in [3.63, 3.8) is 0 Å². The van der Waals surface area contributed by atoms with Crippen LogP contribution in [0.4, 0.5) is 11.6 Å². The molecule has 1 aromatic carbocycles. The molecule has 1 N–H and O–H groups in total. The maximum Gasteiger partial charge on any atom is 0.313 e. The number of rotatable bonds is 4. The van der Waals surface area contributed by atoms with Crippen molar-refractivity contribution in [3.05, 3.63) is 44.6 Å². The number of nitrogens with one attached hydrogen (secondary N) is 1. The van der Waals surface area contributed by atoms with Gasteiger partial charge < -0.3 is 5.32 Å². The Bertz CT molecular complexity index is 644. The molecule has 1 heterocycles. The summed E-state index contributed by atoms with van der Waals surface area (Å²) in [5.74, 6) is 0.309. The molecular weight excluding hydrogens is 303 g/mol. The van der Waals surface area contributed by atoms with Crippen molar-refractivity contribution < 1.29 is 4.92 Å². The molecule has 0 bridgehead atoms. The first-order valence-corrected chi connectivity index (χ1v) is 6.48. The van der Waals surface area contributed by atoms with E-state index in [1.807, 2.05) is 6.92 Å². The molecule has 2 aromatic rings. The van der Waals surface area contributed by atoms with Crippen LogP contribution in [-0.2, 0) is 0 Å². The average Bonchev–Trinajstić information content (AvgIpc) is 2.37. The van der Waals surface area contributed by atoms with Gasteiger partial charge in [-0.2, -0.15) is 0 Å². The molecule has 0 unspecified atom stereocenters. The number of anilines is 1. The highest BCUT2D eigenvalue weighted by molar-refractivity contribution is 6.35. The Balaban J connectivity index is 2.62. The van der Waals surface area contributed by atoms with Crippen molar-refractivity contribution >= 4 is 34.8 Å². The molecule has 0 saturated heterocycles. The molecule has 0 atom stereocenters. The van der Waals surface area contributed by atoms with Gasteiger partial charge in [-0.05, 0) is 25.1 Å². The molecule has 0 aliphatic heterocycles. The summed E-state index contributed by atoms with van der Waals surface area (Å²) in [5.41, 5.74) is 0.436. The van der Waals surface area contributed by atoms with Crippen molar-refractivity contribution in [2.45, 2.75) is 6.92 Å². The van der Waals surface area contributed by atoms with E-state index in [-0.39, 0.29) is 11.4 Å². The number of benzene rings is 1. The third-order valence-corrected chi connectivity index (χ3v) is 2.87. The second-order valence-corrected chi connectivity index (χ2v) is 4.75. The van der Waals surface area contributed by atoms with E-state index in [1.54, 1.807) is 18.2 Å². The third kappa shape index (κ3) is 3.15. The summed E-state index contributed by atoms with van der Waals surface area (Å²) in [6.07, 6.45) is 1.16. The van der Waals surface area contributed by atoms with E-state index in [0.29, 0.717) is 28.1 Å². The van der Waals surface area contributed by atoms with Crippen LogP contribution in [0.3, 0.4) is 0 Å². The van der Waals surface area contributed by atoms with Gasteiger partial charge in [0.2, 0.25) is 5.95 Å². The van der Waals surface area contributed by atoms with Crippen LogP contribution in [-0.4, -0.2) is 21.4 Å². The summed E-state index contributed by atoms with van der Waals surface area (Å²) in [6.45, 7) is 2.48. The number of hydrogen-bond donors (Lipinski definition) is 1. The van der Waals surface area contributed by atoms with Gasteiger partial charge in [-0.1, -0.05) is 23.2 Å². The zero-order valence-electron chi connectivity index (χ0n) is 10.4. The van der Waals surface area contributed by atoms with E-state index < -0.39 is 4.92 Å². The fourth-order valence-electron chi connectivity index (χ4n) is 1.66. The minimum Gasteiger partial charge on any atom is -0.354 e. The first-order chi connectivity index (χ1) is 9.51. The van der Waals surface area contributed by atoms with Crippen LogP contribution < -0.4 is 5.32 Å². The molecular formula is C12H10Cl2N4O2. The Morgan fingerprint density at radius 1 is 1.30 bits per heavy atom. The van der Waals surface area contributed by atoms with Gasteiger partial charge in [0.05, 0.1) is 4.92 Å². The number of nitro groups is 1. The number of halogens is 2. The second-order valence-electron chi connectivity index (χ2n) is 3.87. The lowest BCUT2D eigenvalue weighted by Crippen LogP contribution is -2.04. The van der Waals surface area contributed by atoms with Gasteiger partial charge in [0.15, 0.2) is 5.69 Å². The van der Waals surface area contributed by atoms with Gasteiger partial charge in [-0.15, -0.1) is 0 Å². The van der Waals surface area contributed by atoms with Crippen molar-refractivity contribution in [1.82, 2.24) is 9.97 Å². The fraction of sp³-hybridized carbons (Fsp3) is 0.167. The van der Waals surface area contributed by atoms with Gasteiger partial charge in [0, 0.05) is 22.2 Å². The maximum atomic E-state index is 11.1. The minimum absolute atomic E-state index is 0.172. The van der Waals surface area contributed by atoms with Crippen molar-refractivity contribution in [2.24, 2.45) is 0 Å². The molecule has 20 heavy (non-hydrogen) atoms. The highest BCUT2D eigenvalue weighted by Gasteiger charge is 2.19. The largest absolute Gasteiger partial charge is 0.354 e. The number of hydrogen-bond acceptors (Lipinski definition) is 5. The Hall–Kier alpha value is -1.92. The quantitative estimate of drug-likeness (QED) is 0.686. The summed E-state index contributed by atoms with van der Waals surface area (Å²) >= 11 is 11.8. The summed E-state index contributed by atoms with van der Waals surface area (Å²) in [5, 5.41) is 14.7. The first-order valence-electron chi connectivity index (χ1n) is 5.73. The zero-order chi connectivity index (χ0) is 14.7. The highest BCUT2D eigenvalue weighted by atomic mass is 35.5. The van der Waals surface area contributed by atoms with E-state index in [2.05, 4.69) is 15.3 Å². The Kier molecular flexibility index (Phi) is 4.36. The monoisotopic (exact) mass is 312 g/mol. The molecule has 0 aliphatic rings. The van der Waals surface area contributed by atoms with Crippen molar-refractivity contribution in [3.8, 4) is 11.3 Å². The van der Waals surface area contributed by atoms with Crippen LogP contribution in [0, 0.1) is 10.1 Å². The molecule has 0 amide bonds. The zero-order valence-corrected chi connectivity index (χ0v) is 11.9. The molecule has 0 saturated carbocycles. The van der Waals surface area contributed by atoms with Gasteiger partial charge in [0.1, 0.15) is 6.20 Å². The fourth-order valence-corrected chi connectivity index (χ4v) is 2.18. The van der Waals surface area contributed by atoms with Crippen LogP contribution in [0.1, 0.15) is 6.92 Å². The van der Waals surface area contributed by atoms with Gasteiger partial charge in [0.25, 0.3) is 0 Å². The van der Waals surface area contributed by atoms with Crippen molar-refractivity contribution in [1.29, 1.82) is 0 Å². The van der Waals surface area contributed by atoms with E-state index in [9.17, 15) is 10.1 Å². The molecule has 2 rings (SSSR count). The lowest BCUT2D eigenvalue weighted by atomic mass is 10.1. The number of nitrogens with zero attached hydrogens (tertiary/aromatic N) is 3. The van der Waals surface area contributed by atoms with Crippen LogP contribution in [0.15, 0.2) is 24.4 Å². The molecule has 104 valence electrons. The molecule has 8 heteroatoms. The lowest BCUT2D eigenvalue weighted by Gasteiger charge is -2.06. The van der Waals surface area contributed by atoms with Gasteiger partial charge in [-0.3, -0.25) is 10.1 Å². The maximum absolute atomic E-state index is 11.1. The molecule has 0 fully saturated rings. The predicted octanol–water partition coefficient (Wildman–Crippen LogP) is 3.79. The second kappa shape index (κ2) is 6.02. The van der Waals surface area contributed by atoms with E-state index in [4.69, 9.17) is 23.2 Å². The Morgan fingerprint density at radius 3 is 2.50 bits per heavy atom. The standard InChI is InChI=1S/C12H10Cl2N4O2/c1-2-15-12-16-6-10(18(19)20)11(17-12)7-3-8(13)5-9(14)4-7/h3-6H,2H2,1H3,(H,15,16,17).